The van der Waals surface area contributed by atoms with Gasteiger partial charge in [-0.2, -0.15) is 9.90 Å². The Bertz CT molecular complexity index is 567. The molecule has 0 bridgehead atoms. The van der Waals surface area contributed by atoms with Crippen LogP contribution in [0.25, 0.3) is 0 Å². The van der Waals surface area contributed by atoms with Crippen LogP contribution >= 0.6 is 0 Å². The highest BCUT2D eigenvalue weighted by molar-refractivity contribution is 5.25. The topological polar surface area (TPSA) is 73.5 Å². The van der Waals surface area contributed by atoms with Crippen molar-refractivity contribution in [1.29, 1.82) is 0 Å². The van der Waals surface area contributed by atoms with Crippen molar-refractivity contribution in [1.82, 2.24) is 35.3 Å². The zero-order chi connectivity index (χ0) is 14.7. The molecule has 2 aromatic heterocycles. The Kier molecular flexibility index (Phi) is 4.49. The summed E-state index contributed by atoms with van der Waals surface area (Å²) in [6.45, 7) is 10.00. The van der Waals surface area contributed by atoms with Crippen LogP contribution in [-0.2, 0) is 20.0 Å². The fourth-order valence-electron chi connectivity index (χ4n) is 2.26. The van der Waals surface area contributed by atoms with E-state index in [9.17, 15) is 0 Å². The largest absolute Gasteiger partial charge is 0.314 e. The molecule has 0 unspecified atom stereocenters. The van der Waals surface area contributed by atoms with E-state index in [0.29, 0.717) is 18.4 Å². The predicted molar refractivity (Wildman–Crippen MR) is 76.4 cm³/mol. The summed E-state index contributed by atoms with van der Waals surface area (Å²) in [6, 6.07) is 0.509. The van der Waals surface area contributed by atoms with Crippen LogP contribution in [0.15, 0.2) is 0 Å². The van der Waals surface area contributed by atoms with E-state index in [-0.39, 0.29) is 0 Å². The molecule has 2 heterocycles. The molecule has 0 saturated heterocycles. The van der Waals surface area contributed by atoms with Crippen LogP contribution in [-0.4, -0.2) is 42.6 Å². The molecule has 110 valence electrons. The Morgan fingerprint density at radius 2 is 1.95 bits per heavy atom. The van der Waals surface area contributed by atoms with E-state index in [4.69, 9.17) is 0 Å². The lowest BCUT2D eigenvalue weighted by atomic mass is 10.1. The van der Waals surface area contributed by atoms with Gasteiger partial charge in [0.1, 0.15) is 6.54 Å². The number of aromatic nitrogens is 6. The molecule has 0 fully saturated rings. The average Bonchev–Trinajstić information content (AvgIpc) is 2.88. The highest BCUT2D eigenvalue weighted by Crippen LogP contribution is 2.14. The number of rotatable bonds is 6. The van der Waals surface area contributed by atoms with E-state index in [1.165, 1.54) is 16.1 Å². The van der Waals surface area contributed by atoms with Crippen molar-refractivity contribution < 1.29 is 0 Å². The van der Waals surface area contributed by atoms with Gasteiger partial charge in [0.05, 0.1) is 12.7 Å². The first-order valence-corrected chi connectivity index (χ1v) is 6.96. The van der Waals surface area contributed by atoms with Crippen LogP contribution in [0.4, 0.5) is 0 Å². The molecule has 0 saturated carbocycles. The van der Waals surface area contributed by atoms with Gasteiger partial charge in [-0.1, -0.05) is 13.8 Å². The van der Waals surface area contributed by atoms with Crippen LogP contribution in [0.3, 0.4) is 0 Å². The molecule has 0 aliphatic heterocycles. The molecule has 2 rings (SSSR count). The van der Waals surface area contributed by atoms with E-state index < -0.39 is 0 Å². The molecule has 7 heteroatoms. The number of hydrogen-bond acceptors (Lipinski definition) is 5. The van der Waals surface area contributed by atoms with Crippen molar-refractivity contribution in [2.75, 3.05) is 6.54 Å². The minimum Gasteiger partial charge on any atom is -0.314 e. The second kappa shape index (κ2) is 6.13. The summed E-state index contributed by atoms with van der Waals surface area (Å²) in [4.78, 5) is 1.47. The lowest BCUT2D eigenvalue weighted by molar-refractivity contribution is 0.587. The average molecular weight is 277 g/mol. The summed E-state index contributed by atoms with van der Waals surface area (Å²) in [6.07, 6.45) is 0.990. The second-order valence-corrected chi connectivity index (χ2v) is 5.36. The zero-order valence-corrected chi connectivity index (χ0v) is 12.9. The molecule has 2 aromatic rings. The first-order chi connectivity index (χ1) is 9.47. The quantitative estimate of drug-likeness (QED) is 0.837. The molecule has 0 aliphatic carbocycles. The molecule has 0 spiro atoms. The summed E-state index contributed by atoms with van der Waals surface area (Å²) in [7, 11) is 1.76. The van der Waals surface area contributed by atoms with Gasteiger partial charge in [-0.25, -0.2) is 0 Å². The number of hydrogen-bond donors (Lipinski definition) is 1. The van der Waals surface area contributed by atoms with Crippen LogP contribution in [0.2, 0.25) is 0 Å². The lowest BCUT2D eigenvalue weighted by Gasteiger charge is -2.08. The normalized spacial score (nSPS) is 11.5. The fourth-order valence-corrected chi connectivity index (χ4v) is 2.26. The van der Waals surface area contributed by atoms with Crippen molar-refractivity contribution >= 4 is 0 Å². The van der Waals surface area contributed by atoms with Gasteiger partial charge in [-0.05, 0) is 37.6 Å². The highest BCUT2D eigenvalue weighted by Gasteiger charge is 2.13. The summed E-state index contributed by atoms with van der Waals surface area (Å²) < 4.78 is 1.96. The van der Waals surface area contributed by atoms with Gasteiger partial charge >= 0.3 is 0 Å². The van der Waals surface area contributed by atoms with Crippen molar-refractivity contribution in [2.24, 2.45) is 7.05 Å². The molecular weight excluding hydrogens is 254 g/mol. The maximum Gasteiger partial charge on any atom is 0.196 e. The Labute approximate surface area is 119 Å². The van der Waals surface area contributed by atoms with Gasteiger partial charge in [0.25, 0.3) is 0 Å². The van der Waals surface area contributed by atoms with Crippen molar-refractivity contribution in [3.63, 3.8) is 0 Å². The van der Waals surface area contributed by atoms with Crippen LogP contribution < -0.4 is 5.32 Å². The minimum absolute atomic E-state index is 0.509. The molecule has 1 N–H and O–H groups in total. The highest BCUT2D eigenvalue weighted by atomic mass is 15.6. The van der Waals surface area contributed by atoms with Crippen LogP contribution in [0.1, 0.15) is 36.6 Å². The summed E-state index contributed by atoms with van der Waals surface area (Å²) >= 11 is 0. The third-order valence-electron chi connectivity index (χ3n) is 3.30. The van der Waals surface area contributed by atoms with E-state index in [1.807, 2.05) is 4.68 Å². The molecular formula is C13H23N7. The first kappa shape index (κ1) is 14.6. The maximum atomic E-state index is 4.58. The van der Waals surface area contributed by atoms with Crippen molar-refractivity contribution in [3.05, 3.63) is 22.8 Å². The smallest absolute Gasteiger partial charge is 0.196 e. The monoisotopic (exact) mass is 277 g/mol. The summed E-state index contributed by atoms with van der Waals surface area (Å²) in [5.41, 5.74) is 3.57. The SMILES string of the molecule is Cc1nn(Cc2nnn(C)n2)c(C)c1CCNC(C)C. The van der Waals surface area contributed by atoms with E-state index in [2.05, 4.69) is 53.5 Å². The standard InChI is InChI=1S/C13H23N7/c1-9(2)14-7-6-12-10(3)16-20(11(12)4)8-13-15-18-19(5)17-13/h9,14H,6-8H2,1-5H3. The lowest BCUT2D eigenvalue weighted by Crippen LogP contribution is -2.25. The third kappa shape index (κ3) is 3.41. The van der Waals surface area contributed by atoms with Gasteiger partial charge in [0.15, 0.2) is 5.82 Å². The number of nitrogens with one attached hydrogen (secondary N) is 1. The molecule has 7 nitrogen and oxygen atoms in total. The van der Waals surface area contributed by atoms with Crippen LogP contribution in [0.5, 0.6) is 0 Å². The van der Waals surface area contributed by atoms with Crippen molar-refractivity contribution in [3.8, 4) is 0 Å². The molecule has 0 aliphatic rings. The molecule has 0 aromatic carbocycles. The minimum atomic E-state index is 0.509. The molecule has 0 radical (unpaired) electrons. The van der Waals surface area contributed by atoms with Gasteiger partial charge in [0, 0.05) is 11.7 Å². The van der Waals surface area contributed by atoms with E-state index in [1.54, 1.807) is 7.05 Å². The molecule has 0 atom stereocenters. The molecule has 20 heavy (non-hydrogen) atoms. The Balaban J connectivity index is 2.08. The van der Waals surface area contributed by atoms with Gasteiger partial charge < -0.3 is 5.32 Å². The number of nitrogens with zero attached hydrogens (tertiary/aromatic N) is 6. The first-order valence-electron chi connectivity index (χ1n) is 6.96. The number of tetrazole rings is 1. The molecule has 0 amide bonds. The Hall–Kier alpha value is -1.76. The van der Waals surface area contributed by atoms with Crippen LogP contribution in [0, 0.1) is 13.8 Å². The van der Waals surface area contributed by atoms with Gasteiger partial charge in [0.2, 0.25) is 0 Å². The third-order valence-corrected chi connectivity index (χ3v) is 3.30. The van der Waals surface area contributed by atoms with E-state index >= 15 is 0 Å². The van der Waals surface area contributed by atoms with Crippen molar-refractivity contribution in [2.45, 2.75) is 46.7 Å². The fraction of sp³-hybridized carbons (Fsp3) is 0.692. The second-order valence-electron chi connectivity index (χ2n) is 5.36. The van der Waals surface area contributed by atoms with E-state index in [0.717, 1.165) is 18.7 Å². The van der Waals surface area contributed by atoms with Gasteiger partial charge in [-0.15, -0.1) is 10.2 Å². The van der Waals surface area contributed by atoms with Gasteiger partial charge in [-0.3, -0.25) is 4.68 Å². The zero-order valence-electron chi connectivity index (χ0n) is 12.9. The summed E-state index contributed by atoms with van der Waals surface area (Å²) in [5, 5.41) is 20.1. The maximum absolute atomic E-state index is 4.58. The Morgan fingerprint density at radius 1 is 1.20 bits per heavy atom. The Morgan fingerprint density at radius 3 is 2.55 bits per heavy atom. The predicted octanol–water partition coefficient (Wildman–Crippen LogP) is 0.612. The summed E-state index contributed by atoms with van der Waals surface area (Å²) in [5.74, 6) is 0.685. The number of aryl methyl sites for hydroxylation is 2.